The van der Waals surface area contributed by atoms with Crippen molar-refractivity contribution in [2.24, 2.45) is 10.7 Å². The van der Waals surface area contributed by atoms with Gasteiger partial charge >= 0.3 is 0 Å². The Labute approximate surface area is 213 Å². The normalized spacial score (nSPS) is 15.8. The molecule has 36 heavy (non-hydrogen) atoms. The SMILES string of the molecule is CN(C(=O)c1cccc(CN2Cc3cc(-c4ccccc4CO)ccc3N=C2N)c1)C1CCCCC1. The molecule has 3 aromatic carbocycles. The second-order valence-electron chi connectivity index (χ2n) is 9.89. The summed E-state index contributed by atoms with van der Waals surface area (Å²) >= 11 is 0. The number of carbonyl (C=O) groups is 1. The number of guanidine groups is 1. The maximum Gasteiger partial charge on any atom is 0.253 e. The second kappa shape index (κ2) is 10.5. The summed E-state index contributed by atoms with van der Waals surface area (Å²) in [5, 5.41) is 9.76. The van der Waals surface area contributed by atoms with Crippen molar-refractivity contribution in [1.82, 2.24) is 9.80 Å². The highest BCUT2D eigenvalue weighted by Gasteiger charge is 2.24. The third kappa shape index (κ3) is 5.00. The van der Waals surface area contributed by atoms with Crippen molar-refractivity contribution in [3.05, 3.63) is 89.0 Å². The molecule has 1 amide bonds. The summed E-state index contributed by atoms with van der Waals surface area (Å²) in [4.78, 5) is 21.8. The van der Waals surface area contributed by atoms with Gasteiger partial charge < -0.3 is 20.6 Å². The zero-order valence-corrected chi connectivity index (χ0v) is 20.9. The van der Waals surface area contributed by atoms with Crippen LogP contribution in [0.15, 0.2) is 71.7 Å². The molecule has 3 aromatic rings. The lowest BCUT2D eigenvalue weighted by atomic mass is 9.94. The first-order valence-electron chi connectivity index (χ1n) is 12.8. The highest BCUT2D eigenvalue weighted by molar-refractivity contribution is 5.94. The molecule has 1 aliphatic heterocycles. The molecular formula is C30H34N4O2. The van der Waals surface area contributed by atoms with Crippen LogP contribution in [0.4, 0.5) is 5.69 Å². The number of carbonyl (C=O) groups excluding carboxylic acids is 1. The molecule has 2 aliphatic rings. The minimum absolute atomic E-state index is 0.00448. The van der Waals surface area contributed by atoms with E-state index in [2.05, 4.69) is 11.1 Å². The Bertz CT molecular complexity index is 1280. The van der Waals surface area contributed by atoms with Gasteiger partial charge in [0.15, 0.2) is 5.96 Å². The molecule has 1 fully saturated rings. The number of nitrogens with two attached hydrogens (primary N) is 1. The lowest BCUT2D eigenvalue weighted by Crippen LogP contribution is -2.39. The van der Waals surface area contributed by atoms with E-state index < -0.39 is 0 Å². The van der Waals surface area contributed by atoms with Gasteiger partial charge in [-0.1, -0.05) is 61.7 Å². The highest BCUT2D eigenvalue weighted by Crippen LogP contribution is 2.32. The van der Waals surface area contributed by atoms with E-state index in [0.29, 0.717) is 25.1 Å². The largest absolute Gasteiger partial charge is 0.392 e. The Morgan fingerprint density at radius 1 is 1.06 bits per heavy atom. The predicted octanol–water partition coefficient (Wildman–Crippen LogP) is 5.21. The van der Waals surface area contributed by atoms with Crippen LogP contribution >= 0.6 is 0 Å². The zero-order valence-electron chi connectivity index (χ0n) is 20.9. The van der Waals surface area contributed by atoms with E-state index in [4.69, 9.17) is 5.73 Å². The molecule has 0 saturated heterocycles. The topological polar surface area (TPSA) is 82.2 Å². The summed E-state index contributed by atoms with van der Waals surface area (Å²) < 4.78 is 0. The fourth-order valence-electron chi connectivity index (χ4n) is 5.41. The number of amides is 1. The lowest BCUT2D eigenvalue weighted by Gasteiger charge is -2.31. The van der Waals surface area contributed by atoms with Crippen LogP contribution in [0.5, 0.6) is 0 Å². The van der Waals surface area contributed by atoms with E-state index >= 15 is 0 Å². The van der Waals surface area contributed by atoms with Crippen LogP contribution < -0.4 is 5.73 Å². The first kappa shape index (κ1) is 24.1. The predicted molar refractivity (Wildman–Crippen MR) is 144 cm³/mol. The molecule has 6 heteroatoms. The Hall–Kier alpha value is -3.64. The van der Waals surface area contributed by atoms with Gasteiger partial charge in [-0.05, 0) is 64.9 Å². The quantitative estimate of drug-likeness (QED) is 0.505. The van der Waals surface area contributed by atoms with Crippen LogP contribution in [0.3, 0.4) is 0 Å². The van der Waals surface area contributed by atoms with Crippen LogP contribution in [-0.4, -0.2) is 39.9 Å². The zero-order chi connectivity index (χ0) is 25.1. The van der Waals surface area contributed by atoms with Gasteiger partial charge in [0.25, 0.3) is 5.91 Å². The minimum Gasteiger partial charge on any atom is -0.392 e. The summed E-state index contributed by atoms with van der Waals surface area (Å²) in [5.74, 6) is 0.559. The Morgan fingerprint density at radius 3 is 2.67 bits per heavy atom. The fraction of sp³-hybridized carbons (Fsp3) is 0.333. The molecule has 0 aromatic heterocycles. The van der Waals surface area contributed by atoms with Gasteiger partial charge in [-0.2, -0.15) is 0 Å². The summed E-state index contributed by atoms with van der Waals surface area (Å²) in [6, 6.07) is 22.2. The van der Waals surface area contributed by atoms with Crippen LogP contribution in [0.2, 0.25) is 0 Å². The van der Waals surface area contributed by atoms with Crippen molar-refractivity contribution in [3.8, 4) is 11.1 Å². The minimum atomic E-state index is -0.00448. The molecule has 1 saturated carbocycles. The number of fused-ring (bicyclic) bond motifs is 1. The molecule has 0 spiro atoms. The highest BCUT2D eigenvalue weighted by atomic mass is 16.3. The van der Waals surface area contributed by atoms with E-state index in [0.717, 1.165) is 51.9 Å². The van der Waals surface area contributed by atoms with Crippen LogP contribution in [-0.2, 0) is 19.7 Å². The molecular weight excluding hydrogens is 448 g/mol. The van der Waals surface area contributed by atoms with Gasteiger partial charge in [-0.15, -0.1) is 0 Å². The Kier molecular flexibility index (Phi) is 7.05. The second-order valence-corrected chi connectivity index (χ2v) is 9.89. The molecule has 0 atom stereocenters. The van der Waals surface area contributed by atoms with Gasteiger partial charge in [0.2, 0.25) is 0 Å². The summed E-state index contributed by atoms with van der Waals surface area (Å²) in [6.07, 6.45) is 5.85. The van der Waals surface area contributed by atoms with E-state index in [9.17, 15) is 9.90 Å². The van der Waals surface area contributed by atoms with Gasteiger partial charge in [0, 0.05) is 31.7 Å². The number of rotatable bonds is 6. The van der Waals surface area contributed by atoms with Gasteiger partial charge in [0.1, 0.15) is 0 Å². The third-order valence-electron chi connectivity index (χ3n) is 7.49. The maximum atomic E-state index is 13.2. The summed E-state index contributed by atoms with van der Waals surface area (Å²) in [7, 11) is 1.93. The van der Waals surface area contributed by atoms with Gasteiger partial charge in [-0.3, -0.25) is 4.79 Å². The molecule has 1 heterocycles. The van der Waals surface area contributed by atoms with Gasteiger partial charge in [0.05, 0.1) is 12.3 Å². The number of hydrogen-bond donors (Lipinski definition) is 2. The van der Waals surface area contributed by atoms with Crippen LogP contribution in [0.25, 0.3) is 11.1 Å². The molecule has 1 aliphatic carbocycles. The first-order valence-corrected chi connectivity index (χ1v) is 12.8. The van der Waals surface area contributed by atoms with Crippen molar-refractivity contribution in [2.75, 3.05) is 7.05 Å². The molecule has 0 radical (unpaired) electrons. The molecule has 186 valence electrons. The fourth-order valence-corrected chi connectivity index (χ4v) is 5.41. The van der Waals surface area contributed by atoms with E-state index in [1.54, 1.807) is 0 Å². The lowest BCUT2D eigenvalue weighted by molar-refractivity contribution is 0.0696. The van der Waals surface area contributed by atoms with Crippen molar-refractivity contribution in [1.29, 1.82) is 0 Å². The number of aliphatic hydroxyl groups excluding tert-OH is 1. The smallest absolute Gasteiger partial charge is 0.253 e. The monoisotopic (exact) mass is 482 g/mol. The van der Waals surface area contributed by atoms with E-state index in [1.165, 1.54) is 19.3 Å². The Balaban J connectivity index is 1.34. The Morgan fingerprint density at radius 2 is 1.86 bits per heavy atom. The van der Waals surface area contributed by atoms with Crippen molar-refractivity contribution in [3.63, 3.8) is 0 Å². The van der Waals surface area contributed by atoms with E-state index in [1.807, 2.05) is 77.5 Å². The molecule has 0 bridgehead atoms. The van der Waals surface area contributed by atoms with E-state index in [-0.39, 0.29) is 12.5 Å². The molecule has 5 rings (SSSR count). The molecule has 6 nitrogen and oxygen atoms in total. The number of nitrogens with zero attached hydrogens (tertiary/aromatic N) is 3. The third-order valence-corrected chi connectivity index (χ3v) is 7.49. The van der Waals surface area contributed by atoms with Crippen molar-refractivity contribution < 1.29 is 9.90 Å². The number of benzene rings is 3. The average molecular weight is 483 g/mol. The summed E-state index contributed by atoms with van der Waals surface area (Å²) in [5.41, 5.74) is 13.0. The summed E-state index contributed by atoms with van der Waals surface area (Å²) in [6.45, 7) is 1.19. The van der Waals surface area contributed by atoms with Crippen LogP contribution in [0, 0.1) is 0 Å². The van der Waals surface area contributed by atoms with Crippen molar-refractivity contribution in [2.45, 2.75) is 57.8 Å². The number of hydrogen-bond acceptors (Lipinski definition) is 5. The average Bonchev–Trinajstić information content (AvgIpc) is 2.93. The van der Waals surface area contributed by atoms with Crippen LogP contribution in [0.1, 0.15) is 59.2 Å². The molecule has 0 unspecified atom stereocenters. The van der Waals surface area contributed by atoms with Crippen molar-refractivity contribution >= 4 is 17.6 Å². The number of aliphatic imine (C=N–C) groups is 1. The molecule has 3 N–H and O–H groups in total. The number of aliphatic hydroxyl groups is 1. The maximum absolute atomic E-state index is 13.2. The van der Waals surface area contributed by atoms with Gasteiger partial charge in [-0.25, -0.2) is 4.99 Å². The first-order chi connectivity index (χ1) is 17.5. The standard InChI is InChI=1S/C30H34N4O2/c1-33(26-11-3-2-4-12-26)29(36)23-10-7-8-21(16-23)18-34-19-25-17-22(14-15-28(25)32-30(34)31)27-13-6-5-9-24(27)20-35/h5-10,13-17,26,35H,2-4,11-12,18-20H2,1H3,(H2,31,32).